The molecule has 3 aromatic carbocycles. The smallest absolute Gasteiger partial charge is 0.355 e. The molecular weight excluding hydrogens is 550 g/mol. The van der Waals surface area contributed by atoms with Crippen LogP contribution >= 0.6 is 0 Å². The maximum absolute atomic E-state index is 13.8. The molecule has 0 spiro atoms. The molecule has 5 aromatic rings. The summed E-state index contributed by atoms with van der Waals surface area (Å²) >= 11 is 0. The maximum Gasteiger partial charge on any atom is 0.355 e. The van der Waals surface area contributed by atoms with Crippen molar-refractivity contribution in [2.24, 2.45) is 0 Å². The number of nitrogens with zero attached hydrogens (tertiary/aromatic N) is 5. The van der Waals surface area contributed by atoms with Gasteiger partial charge in [-0.1, -0.05) is 91.0 Å². The number of pyridine rings is 1. The third kappa shape index (κ3) is 5.89. The highest BCUT2D eigenvalue weighted by molar-refractivity contribution is 6.11. The summed E-state index contributed by atoms with van der Waals surface area (Å²) in [6.07, 6.45) is 4.33. The van der Waals surface area contributed by atoms with Gasteiger partial charge in [-0.2, -0.15) is 4.98 Å². The van der Waals surface area contributed by atoms with Gasteiger partial charge in [0.15, 0.2) is 5.65 Å². The quantitative estimate of drug-likeness (QED) is 0.214. The van der Waals surface area contributed by atoms with Crippen LogP contribution < -0.4 is 10.6 Å². The number of para-hydroxylation sites is 1. The van der Waals surface area contributed by atoms with E-state index < -0.39 is 11.7 Å². The minimum Gasteiger partial charge on any atom is -0.462 e. The number of piperazine rings is 1. The fourth-order valence-electron chi connectivity index (χ4n) is 5.78. The van der Waals surface area contributed by atoms with Gasteiger partial charge >= 0.3 is 11.7 Å². The zero-order chi connectivity index (χ0) is 30.5. The van der Waals surface area contributed by atoms with E-state index in [4.69, 9.17) is 14.7 Å². The number of anilines is 1. The van der Waals surface area contributed by atoms with Crippen molar-refractivity contribution < 1.29 is 9.53 Å². The first-order chi connectivity index (χ1) is 21.5. The van der Waals surface area contributed by atoms with E-state index in [2.05, 4.69) is 34.1 Å². The molecule has 0 bridgehead atoms. The number of aryl methyl sites for hydroxylation is 1. The third-order valence-corrected chi connectivity index (χ3v) is 7.89. The Balaban J connectivity index is 1.48. The molecule has 0 radical (unpaired) electrons. The molecule has 0 unspecified atom stereocenters. The van der Waals surface area contributed by atoms with E-state index in [0.717, 1.165) is 25.2 Å². The summed E-state index contributed by atoms with van der Waals surface area (Å²) in [7, 11) is 0. The fourth-order valence-corrected chi connectivity index (χ4v) is 5.78. The Bertz CT molecular complexity index is 1850. The lowest BCUT2D eigenvalue weighted by Gasteiger charge is -2.35. The van der Waals surface area contributed by atoms with E-state index in [0.29, 0.717) is 52.4 Å². The maximum atomic E-state index is 13.8. The van der Waals surface area contributed by atoms with Crippen molar-refractivity contribution >= 4 is 28.9 Å². The molecule has 0 atom stereocenters. The summed E-state index contributed by atoms with van der Waals surface area (Å²) < 4.78 is 7.07. The number of benzene rings is 3. The van der Waals surface area contributed by atoms with Gasteiger partial charge in [0.25, 0.3) is 0 Å². The minimum absolute atomic E-state index is 0.236. The molecular formula is C36H35N5O3. The molecule has 0 aliphatic carbocycles. The molecule has 1 saturated heterocycles. The molecule has 6 rings (SSSR count). The van der Waals surface area contributed by atoms with Crippen LogP contribution in [-0.2, 0) is 4.74 Å². The SMILES string of the molecule is CCOC(=O)c1c(C)nc2c(c(N3CCN(C/C=C/c4ccccc4)CC3)nc(=O)n2-c2ccccc2)c1-c1ccccc1. The van der Waals surface area contributed by atoms with Crippen LogP contribution in [-0.4, -0.2) is 64.7 Å². The Morgan fingerprint density at radius 3 is 2.16 bits per heavy atom. The Morgan fingerprint density at radius 2 is 1.50 bits per heavy atom. The zero-order valence-electron chi connectivity index (χ0n) is 25.0. The molecule has 2 aromatic heterocycles. The molecule has 8 nitrogen and oxygen atoms in total. The van der Waals surface area contributed by atoms with Gasteiger partial charge in [0.05, 0.1) is 28.9 Å². The van der Waals surface area contributed by atoms with Crippen LogP contribution in [0, 0.1) is 6.92 Å². The van der Waals surface area contributed by atoms with E-state index in [1.165, 1.54) is 10.1 Å². The highest BCUT2D eigenvalue weighted by Crippen LogP contribution is 2.38. The van der Waals surface area contributed by atoms with Gasteiger partial charge in [-0.3, -0.25) is 4.90 Å². The average molecular weight is 586 g/mol. The number of fused-ring (bicyclic) bond motifs is 1. The van der Waals surface area contributed by atoms with Gasteiger partial charge in [-0.15, -0.1) is 0 Å². The molecule has 0 saturated carbocycles. The third-order valence-electron chi connectivity index (χ3n) is 7.89. The van der Waals surface area contributed by atoms with E-state index >= 15 is 0 Å². The van der Waals surface area contributed by atoms with Crippen molar-refractivity contribution in [3.8, 4) is 16.8 Å². The summed E-state index contributed by atoms with van der Waals surface area (Å²) in [5.41, 5.74) is 4.26. The number of carbonyl (C=O) groups excluding carboxylic acids is 1. The highest BCUT2D eigenvalue weighted by Gasteiger charge is 2.29. The molecule has 8 heteroatoms. The first-order valence-corrected chi connectivity index (χ1v) is 15.0. The first-order valence-electron chi connectivity index (χ1n) is 15.0. The average Bonchev–Trinajstić information content (AvgIpc) is 3.05. The Morgan fingerprint density at radius 1 is 0.864 bits per heavy atom. The van der Waals surface area contributed by atoms with Crippen LogP contribution in [0.5, 0.6) is 0 Å². The van der Waals surface area contributed by atoms with Crippen LogP contribution in [0.25, 0.3) is 33.9 Å². The lowest BCUT2D eigenvalue weighted by Crippen LogP contribution is -2.47. The predicted octanol–water partition coefficient (Wildman–Crippen LogP) is 5.77. The Kier molecular flexibility index (Phi) is 8.61. The molecule has 0 amide bonds. The molecule has 1 aliphatic rings. The van der Waals surface area contributed by atoms with Crippen LogP contribution in [0.15, 0.2) is 102 Å². The normalized spacial score (nSPS) is 13.9. The molecule has 222 valence electrons. The van der Waals surface area contributed by atoms with Crippen molar-refractivity contribution in [2.75, 3.05) is 44.2 Å². The zero-order valence-corrected chi connectivity index (χ0v) is 25.0. The Hall–Kier alpha value is -5.08. The van der Waals surface area contributed by atoms with Gasteiger partial charge in [0.1, 0.15) is 5.82 Å². The molecule has 1 aliphatic heterocycles. The topological polar surface area (TPSA) is 80.6 Å². The summed E-state index contributed by atoms with van der Waals surface area (Å²) in [6, 6.07) is 29.4. The minimum atomic E-state index is -0.448. The van der Waals surface area contributed by atoms with Crippen molar-refractivity contribution in [3.63, 3.8) is 0 Å². The molecule has 3 heterocycles. The van der Waals surface area contributed by atoms with Gasteiger partial charge in [0, 0.05) is 38.3 Å². The second-order valence-electron chi connectivity index (χ2n) is 10.7. The van der Waals surface area contributed by atoms with E-state index in [1.807, 2.05) is 78.9 Å². The van der Waals surface area contributed by atoms with Crippen molar-refractivity contribution in [1.82, 2.24) is 19.4 Å². The van der Waals surface area contributed by atoms with E-state index in [9.17, 15) is 9.59 Å². The van der Waals surface area contributed by atoms with Crippen LogP contribution in [0.3, 0.4) is 0 Å². The lowest BCUT2D eigenvalue weighted by atomic mass is 9.95. The highest BCUT2D eigenvalue weighted by atomic mass is 16.5. The summed E-state index contributed by atoms with van der Waals surface area (Å²) in [4.78, 5) is 41.4. The van der Waals surface area contributed by atoms with Crippen molar-refractivity contribution in [2.45, 2.75) is 13.8 Å². The summed E-state index contributed by atoms with van der Waals surface area (Å²) in [5, 5.41) is 0.658. The predicted molar refractivity (Wildman–Crippen MR) is 175 cm³/mol. The number of ether oxygens (including phenoxy) is 1. The van der Waals surface area contributed by atoms with Crippen LogP contribution in [0.2, 0.25) is 0 Å². The van der Waals surface area contributed by atoms with Crippen molar-refractivity contribution in [3.05, 3.63) is 124 Å². The van der Waals surface area contributed by atoms with Gasteiger partial charge in [0.2, 0.25) is 0 Å². The largest absolute Gasteiger partial charge is 0.462 e. The Labute approximate surface area is 256 Å². The number of hydrogen-bond acceptors (Lipinski definition) is 7. The summed E-state index contributed by atoms with van der Waals surface area (Å²) in [6.45, 7) is 7.59. The second-order valence-corrected chi connectivity index (χ2v) is 10.7. The number of carbonyl (C=O) groups is 1. The van der Waals surface area contributed by atoms with Gasteiger partial charge in [-0.05, 0) is 37.1 Å². The monoisotopic (exact) mass is 585 g/mol. The number of aromatic nitrogens is 3. The number of rotatable bonds is 8. The molecule has 1 fully saturated rings. The number of hydrogen-bond donors (Lipinski definition) is 0. The van der Waals surface area contributed by atoms with Crippen LogP contribution in [0.4, 0.5) is 5.82 Å². The summed E-state index contributed by atoms with van der Waals surface area (Å²) in [5.74, 6) is 0.0882. The molecule has 44 heavy (non-hydrogen) atoms. The first kappa shape index (κ1) is 29.0. The standard InChI is InChI=1S/C36H35N5O3/c1-3-44-35(42)30-26(2)37-34-32(31(30)28-17-9-5-10-18-28)33(38-36(43)41(34)29-19-11-6-12-20-29)40-24-22-39(23-25-40)21-13-16-27-14-7-4-8-15-27/h4-20H,3,21-25H2,1-2H3/b16-13+. The van der Waals surface area contributed by atoms with Crippen molar-refractivity contribution in [1.29, 1.82) is 0 Å². The lowest BCUT2D eigenvalue weighted by molar-refractivity contribution is 0.0526. The molecule has 0 N–H and O–H groups in total. The van der Waals surface area contributed by atoms with E-state index in [1.54, 1.807) is 13.8 Å². The second kappa shape index (κ2) is 13.1. The van der Waals surface area contributed by atoms with E-state index in [-0.39, 0.29) is 6.61 Å². The van der Waals surface area contributed by atoms with Gasteiger partial charge < -0.3 is 9.64 Å². The fraction of sp³-hybridized carbons (Fsp3) is 0.222. The van der Waals surface area contributed by atoms with Crippen LogP contribution in [0.1, 0.15) is 28.5 Å². The number of esters is 1. The van der Waals surface area contributed by atoms with Gasteiger partial charge in [-0.25, -0.2) is 19.1 Å².